The number of piperazine rings is 1. The maximum Gasteiger partial charge on any atom is 0.166 e. The molecule has 1 saturated heterocycles. The zero-order valence-corrected chi connectivity index (χ0v) is 15.4. The summed E-state index contributed by atoms with van der Waals surface area (Å²) in [6.07, 6.45) is 0.919. The summed E-state index contributed by atoms with van der Waals surface area (Å²) in [5.74, 6) is 1.18. The monoisotopic (exact) mass is 342 g/mol. The number of aromatic nitrogens is 3. The summed E-state index contributed by atoms with van der Waals surface area (Å²) in [6, 6.07) is 6.45. The molecule has 0 aromatic carbocycles. The number of hydrogen-bond donors (Lipinski definition) is 1. The molecule has 0 aliphatic carbocycles. The molecule has 0 amide bonds. The first-order valence-electron chi connectivity index (χ1n) is 8.66. The van der Waals surface area contributed by atoms with Gasteiger partial charge in [0.05, 0.1) is 44.5 Å². The topological polar surface area (TPSA) is 37.9 Å². The van der Waals surface area contributed by atoms with Crippen molar-refractivity contribution in [3.8, 4) is 10.4 Å². The highest BCUT2D eigenvalue weighted by Gasteiger charge is 2.23. The van der Waals surface area contributed by atoms with E-state index < -0.39 is 0 Å². The van der Waals surface area contributed by atoms with Crippen molar-refractivity contribution >= 4 is 22.8 Å². The molecule has 1 aliphatic rings. The maximum absolute atomic E-state index is 4.93. The van der Waals surface area contributed by atoms with Gasteiger partial charge in [-0.2, -0.15) is 9.61 Å². The van der Waals surface area contributed by atoms with Gasteiger partial charge in [-0.15, -0.1) is 11.3 Å². The first-order chi connectivity index (χ1) is 11.7. The minimum Gasteiger partial charge on any atom is -0.345 e. The van der Waals surface area contributed by atoms with E-state index in [1.165, 1.54) is 29.3 Å². The van der Waals surface area contributed by atoms with Crippen LogP contribution in [0.15, 0.2) is 23.6 Å². The molecule has 1 fully saturated rings. The molecule has 24 heavy (non-hydrogen) atoms. The van der Waals surface area contributed by atoms with Crippen LogP contribution < -0.4 is 9.80 Å². The molecule has 1 N–H and O–H groups in total. The molecule has 6 heteroatoms. The number of fused-ring (bicyclic) bond motifs is 1. The van der Waals surface area contributed by atoms with E-state index >= 15 is 0 Å². The number of hydrogen-bond acceptors (Lipinski definition) is 4. The van der Waals surface area contributed by atoms with E-state index in [1.807, 2.05) is 0 Å². The average molecular weight is 342 g/mol. The standard InChI is InChI=1S/C18H23N5S/c1-4-14-17(15-6-5-11-24-15)18-19-13(2)12-16(23(18)20-14)22-9-7-21(3)8-10-22/h5-6,11-12H,4,7-10H2,1-3H3/p+1. The lowest BCUT2D eigenvalue weighted by atomic mass is 10.1. The Hall–Kier alpha value is -1.92. The van der Waals surface area contributed by atoms with Crippen LogP contribution in [-0.4, -0.2) is 47.8 Å². The number of aryl methyl sites for hydroxylation is 2. The van der Waals surface area contributed by atoms with Gasteiger partial charge in [-0.1, -0.05) is 13.0 Å². The second-order valence-electron chi connectivity index (χ2n) is 6.59. The molecule has 4 rings (SSSR count). The Bertz CT molecular complexity index is 844. The summed E-state index contributed by atoms with van der Waals surface area (Å²) in [6.45, 7) is 8.73. The van der Waals surface area contributed by atoms with Crippen molar-refractivity contribution in [3.05, 3.63) is 35.0 Å². The summed E-state index contributed by atoms with van der Waals surface area (Å²) in [5.41, 5.74) is 4.40. The number of anilines is 1. The van der Waals surface area contributed by atoms with Gasteiger partial charge in [0.2, 0.25) is 0 Å². The van der Waals surface area contributed by atoms with Crippen LogP contribution in [0.4, 0.5) is 5.82 Å². The predicted molar refractivity (Wildman–Crippen MR) is 99.2 cm³/mol. The van der Waals surface area contributed by atoms with Gasteiger partial charge in [-0.25, -0.2) is 4.98 Å². The summed E-state index contributed by atoms with van der Waals surface area (Å²) in [7, 11) is 2.27. The van der Waals surface area contributed by atoms with Gasteiger partial charge in [0.25, 0.3) is 0 Å². The SMILES string of the molecule is CCc1nn2c(N3CC[NH+](C)CC3)cc(C)nc2c1-c1cccs1. The van der Waals surface area contributed by atoms with E-state index in [0.29, 0.717) is 0 Å². The number of quaternary nitrogens is 1. The van der Waals surface area contributed by atoms with Crippen molar-refractivity contribution in [2.75, 3.05) is 38.1 Å². The molecular formula is C18H24N5S+. The second-order valence-corrected chi connectivity index (χ2v) is 7.54. The van der Waals surface area contributed by atoms with Crippen LogP contribution in [0.1, 0.15) is 18.3 Å². The molecule has 1 aliphatic heterocycles. The zero-order chi connectivity index (χ0) is 16.7. The highest BCUT2D eigenvalue weighted by molar-refractivity contribution is 7.13. The Labute approximate surface area is 146 Å². The van der Waals surface area contributed by atoms with Gasteiger partial charge < -0.3 is 9.80 Å². The Morgan fingerprint density at radius 2 is 2.08 bits per heavy atom. The van der Waals surface area contributed by atoms with Crippen LogP contribution >= 0.6 is 11.3 Å². The third-order valence-electron chi connectivity index (χ3n) is 4.81. The van der Waals surface area contributed by atoms with Gasteiger partial charge in [-0.3, -0.25) is 0 Å². The van der Waals surface area contributed by atoms with Crippen molar-refractivity contribution in [3.63, 3.8) is 0 Å². The Morgan fingerprint density at radius 1 is 1.29 bits per heavy atom. The van der Waals surface area contributed by atoms with Crippen LogP contribution in [0.3, 0.4) is 0 Å². The molecule has 5 nitrogen and oxygen atoms in total. The summed E-state index contributed by atoms with van der Waals surface area (Å²) in [5, 5.41) is 7.06. The fraction of sp³-hybridized carbons (Fsp3) is 0.444. The van der Waals surface area contributed by atoms with Crippen molar-refractivity contribution < 1.29 is 4.90 Å². The first kappa shape index (κ1) is 15.6. The number of nitrogens with zero attached hydrogens (tertiary/aromatic N) is 4. The van der Waals surface area contributed by atoms with Crippen molar-refractivity contribution in [2.45, 2.75) is 20.3 Å². The molecule has 0 unspecified atom stereocenters. The fourth-order valence-corrected chi connectivity index (χ4v) is 4.21. The van der Waals surface area contributed by atoms with Gasteiger partial charge in [0, 0.05) is 16.6 Å². The Kier molecular flexibility index (Phi) is 4.02. The molecule has 0 spiro atoms. The van der Waals surface area contributed by atoms with Crippen molar-refractivity contribution in [1.29, 1.82) is 0 Å². The number of nitrogens with one attached hydrogen (secondary N) is 1. The van der Waals surface area contributed by atoms with Crippen LogP contribution in [0.5, 0.6) is 0 Å². The highest BCUT2D eigenvalue weighted by atomic mass is 32.1. The highest BCUT2D eigenvalue weighted by Crippen LogP contribution is 2.33. The van der Waals surface area contributed by atoms with Crippen LogP contribution in [0.2, 0.25) is 0 Å². The molecule has 126 valence electrons. The molecule has 3 aromatic rings. The third-order valence-corrected chi connectivity index (χ3v) is 5.70. The average Bonchev–Trinajstić information content (AvgIpc) is 3.21. The lowest BCUT2D eigenvalue weighted by Gasteiger charge is -2.31. The normalized spacial score (nSPS) is 16.2. The predicted octanol–water partition coefficient (Wildman–Crippen LogP) is 1.66. The summed E-state index contributed by atoms with van der Waals surface area (Å²) < 4.78 is 2.07. The lowest BCUT2D eigenvalue weighted by Crippen LogP contribution is -3.12. The first-order valence-corrected chi connectivity index (χ1v) is 9.54. The largest absolute Gasteiger partial charge is 0.345 e. The zero-order valence-electron chi connectivity index (χ0n) is 14.5. The van der Waals surface area contributed by atoms with Gasteiger partial charge >= 0.3 is 0 Å². The number of thiophene rings is 1. The van der Waals surface area contributed by atoms with E-state index in [-0.39, 0.29) is 0 Å². The molecule has 3 aromatic heterocycles. The van der Waals surface area contributed by atoms with E-state index in [4.69, 9.17) is 10.1 Å². The van der Waals surface area contributed by atoms with Crippen LogP contribution in [0.25, 0.3) is 16.1 Å². The number of likely N-dealkylation sites (N-methyl/N-ethyl adjacent to an activating group) is 1. The van der Waals surface area contributed by atoms with E-state index in [2.05, 4.69) is 53.9 Å². The van der Waals surface area contributed by atoms with Crippen molar-refractivity contribution in [2.24, 2.45) is 0 Å². The molecule has 4 heterocycles. The molecule has 0 saturated carbocycles. The van der Waals surface area contributed by atoms with E-state index in [0.717, 1.165) is 36.5 Å². The molecular weight excluding hydrogens is 318 g/mol. The van der Waals surface area contributed by atoms with Gasteiger partial charge in [-0.05, 0) is 24.8 Å². The quantitative estimate of drug-likeness (QED) is 0.787. The summed E-state index contributed by atoms with van der Waals surface area (Å²) in [4.78, 5) is 10.2. The molecule has 0 bridgehead atoms. The van der Waals surface area contributed by atoms with Crippen molar-refractivity contribution in [1.82, 2.24) is 14.6 Å². The lowest BCUT2D eigenvalue weighted by molar-refractivity contribution is -0.880. The fourth-order valence-electron chi connectivity index (χ4n) is 3.43. The third kappa shape index (κ3) is 2.59. The van der Waals surface area contributed by atoms with Gasteiger partial charge in [0.1, 0.15) is 5.82 Å². The maximum atomic E-state index is 4.93. The Balaban J connectivity index is 1.90. The van der Waals surface area contributed by atoms with Gasteiger partial charge in [0.15, 0.2) is 5.65 Å². The molecule has 0 atom stereocenters. The van der Waals surface area contributed by atoms with E-state index in [9.17, 15) is 0 Å². The second kappa shape index (κ2) is 6.18. The number of rotatable bonds is 3. The van der Waals surface area contributed by atoms with Crippen LogP contribution in [0, 0.1) is 6.92 Å². The minimum absolute atomic E-state index is 0.919. The molecule has 0 radical (unpaired) electrons. The van der Waals surface area contributed by atoms with Crippen LogP contribution in [-0.2, 0) is 6.42 Å². The minimum atomic E-state index is 0.919. The summed E-state index contributed by atoms with van der Waals surface area (Å²) >= 11 is 1.76. The Morgan fingerprint density at radius 3 is 2.75 bits per heavy atom. The smallest absolute Gasteiger partial charge is 0.166 e. The van der Waals surface area contributed by atoms with E-state index in [1.54, 1.807) is 16.2 Å².